The average Bonchev–Trinajstić information content (AvgIpc) is 2.89. The lowest BCUT2D eigenvalue weighted by Gasteiger charge is -2.06. The molecule has 2 rings (SSSR count). The standard InChI is InChI=1S/C11H3ClN6S/c12-7-1-2-8-11(18-19-17-8)10(7)16-9(5-15)6(3-13)4-14/h1-2,16H. The Hall–Kier alpha value is -2.66. The van der Waals surface area contributed by atoms with Crippen molar-refractivity contribution >= 4 is 40.0 Å². The first-order chi connectivity index (χ1) is 9.21. The molecule has 0 bridgehead atoms. The van der Waals surface area contributed by atoms with Crippen molar-refractivity contribution in [2.75, 3.05) is 5.32 Å². The third kappa shape index (κ3) is 2.31. The molecule has 90 valence electrons. The highest BCUT2D eigenvalue weighted by molar-refractivity contribution is 7.00. The highest BCUT2D eigenvalue weighted by Gasteiger charge is 2.13. The molecular formula is C11H3ClN6S. The molecule has 0 amide bonds. The Bertz CT molecular complexity index is 785. The van der Waals surface area contributed by atoms with Crippen LogP contribution in [0.4, 0.5) is 5.69 Å². The van der Waals surface area contributed by atoms with Crippen molar-refractivity contribution < 1.29 is 0 Å². The van der Waals surface area contributed by atoms with E-state index in [0.717, 1.165) is 11.7 Å². The molecule has 1 aromatic carbocycles. The second-order valence-electron chi connectivity index (χ2n) is 3.26. The molecular weight excluding hydrogens is 284 g/mol. The minimum absolute atomic E-state index is 0.174. The predicted octanol–water partition coefficient (Wildman–Crippen LogP) is 2.58. The number of nitrogens with zero attached hydrogens (tertiary/aromatic N) is 5. The van der Waals surface area contributed by atoms with E-state index < -0.39 is 0 Å². The van der Waals surface area contributed by atoms with Crippen LogP contribution in [-0.2, 0) is 0 Å². The molecule has 0 radical (unpaired) electrons. The van der Waals surface area contributed by atoms with Gasteiger partial charge in [0.1, 0.15) is 34.9 Å². The number of fused-ring (bicyclic) bond motifs is 1. The smallest absolute Gasteiger partial charge is 0.163 e. The molecule has 1 heterocycles. The molecule has 1 N–H and O–H groups in total. The second kappa shape index (κ2) is 5.32. The lowest BCUT2D eigenvalue weighted by atomic mass is 10.2. The SMILES string of the molecule is N#CC(C#N)=C(C#N)Nc1c(Cl)ccc2nsnc12. The molecule has 0 aliphatic heterocycles. The van der Waals surface area contributed by atoms with Crippen LogP contribution in [0.1, 0.15) is 0 Å². The van der Waals surface area contributed by atoms with Gasteiger partial charge in [-0.1, -0.05) is 11.6 Å². The summed E-state index contributed by atoms with van der Waals surface area (Å²) in [4.78, 5) is 0. The van der Waals surface area contributed by atoms with E-state index in [1.807, 2.05) is 0 Å². The summed E-state index contributed by atoms with van der Waals surface area (Å²) in [6.07, 6.45) is 0. The van der Waals surface area contributed by atoms with E-state index >= 15 is 0 Å². The Balaban J connectivity index is 2.59. The quantitative estimate of drug-likeness (QED) is 0.850. The summed E-state index contributed by atoms with van der Waals surface area (Å²) in [5.74, 6) is 0. The van der Waals surface area contributed by atoms with E-state index in [2.05, 4.69) is 14.1 Å². The van der Waals surface area contributed by atoms with Gasteiger partial charge < -0.3 is 5.32 Å². The molecule has 0 aliphatic carbocycles. The van der Waals surface area contributed by atoms with Crippen LogP contribution in [0.15, 0.2) is 23.4 Å². The van der Waals surface area contributed by atoms with E-state index in [1.54, 1.807) is 30.3 Å². The van der Waals surface area contributed by atoms with Crippen LogP contribution in [0.2, 0.25) is 5.02 Å². The normalized spacial score (nSPS) is 9.16. The van der Waals surface area contributed by atoms with Crippen molar-refractivity contribution in [1.29, 1.82) is 15.8 Å². The molecule has 0 spiro atoms. The molecule has 2 aromatic rings. The van der Waals surface area contributed by atoms with Gasteiger partial charge in [-0.3, -0.25) is 0 Å². The van der Waals surface area contributed by atoms with Gasteiger partial charge in [0.05, 0.1) is 22.4 Å². The van der Waals surface area contributed by atoms with Gasteiger partial charge in [0, 0.05) is 0 Å². The van der Waals surface area contributed by atoms with Crippen molar-refractivity contribution in [3.63, 3.8) is 0 Å². The first-order valence-electron chi connectivity index (χ1n) is 4.83. The first-order valence-corrected chi connectivity index (χ1v) is 5.94. The Labute approximate surface area is 117 Å². The zero-order valence-electron chi connectivity index (χ0n) is 9.18. The van der Waals surface area contributed by atoms with Gasteiger partial charge in [0.25, 0.3) is 0 Å². The summed E-state index contributed by atoms with van der Waals surface area (Å²) < 4.78 is 8.11. The Morgan fingerprint density at radius 1 is 1.16 bits per heavy atom. The number of halogens is 1. The van der Waals surface area contributed by atoms with Gasteiger partial charge >= 0.3 is 0 Å². The third-order valence-corrected chi connectivity index (χ3v) is 3.07. The number of nitriles is 3. The maximum Gasteiger partial charge on any atom is 0.163 e. The van der Waals surface area contributed by atoms with Gasteiger partial charge in [0.15, 0.2) is 5.57 Å². The maximum atomic E-state index is 8.98. The zero-order chi connectivity index (χ0) is 13.8. The fraction of sp³-hybridized carbons (Fsp3) is 0. The number of benzene rings is 1. The van der Waals surface area contributed by atoms with Crippen LogP contribution in [0.25, 0.3) is 11.0 Å². The Morgan fingerprint density at radius 2 is 1.89 bits per heavy atom. The van der Waals surface area contributed by atoms with E-state index in [9.17, 15) is 0 Å². The minimum atomic E-state index is -0.321. The third-order valence-electron chi connectivity index (χ3n) is 2.21. The lowest BCUT2D eigenvalue weighted by molar-refractivity contribution is 1.37. The number of hydrogen-bond acceptors (Lipinski definition) is 7. The molecule has 0 atom stereocenters. The molecule has 8 heteroatoms. The van der Waals surface area contributed by atoms with Crippen LogP contribution in [0.5, 0.6) is 0 Å². The topological polar surface area (TPSA) is 109 Å². The summed E-state index contributed by atoms with van der Waals surface area (Å²) in [5, 5.41) is 29.5. The number of rotatable bonds is 2. The van der Waals surface area contributed by atoms with Gasteiger partial charge in [-0.2, -0.15) is 24.5 Å². The van der Waals surface area contributed by atoms with E-state index in [-0.39, 0.29) is 11.3 Å². The highest BCUT2D eigenvalue weighted by Crippen LogP contribution is 2.31. The molecule has 0 saturated carbocycles. The molecule has 1 aromatic heterocycles. The van der Waals surface area contributed by atoms with Crippen molar-refractivity contribution in [2.24, 2.45) is 0 Å². The molecule has 6 nitrogen and oxygen atoms in total. The number of aromatic nitrogens is 2. The first kappa shape index (κ1) is 12.8. The van der Waals surface area contributed by atoms with Gasteiger partial charge in [-0.05, 0) is 12.1 Å². The largest absolute Gasteiger partial charge is 0.342 e. The summed E-state index contributed by atoms with van der Waals surface area (Å²) in [7, 11) is 0. The Kier molecular flexibility index (Phi) is 3.58. The van der Waals surface area contributed by atoms with Crippen LogP contribution in [-0.4, -0.2) is 8.75 Å². The zero-order valence-corrected chi connectivity index (χ0v) is 10.7. The van der Waals surface area contributed by atoms with Gasteiger partial charge in [-0.25, -0.2) is 0 Å². The van der Waals surface area contributed by atoms with Crippen LogP contribution < -0.4 is 5.32 Å². The van der Waals surface area contributed by atoms with Crippen molar-refractivity contribution in [2.45, 2.75) is 0 Å². The molecule has 0 unspecified atom stereocenters. The van der Waals surface area contributed by atoms with Gasteiger partial charge in [0.2, 0.25) is 0 Å². The maximum absolute atomic E-state index is 8.98. The summed E-state index contributed by atoms with van der Waals surface area (Å²) >= 11 is 7.03. The number of hydrogen-bond donors (Lipinski definition) is 1. The van der Waals surface area contributed by atoms with Crippen LogP contribution in [0, 0.1) is 34.0 Å². The Morgan fingerprint density at radius 3 is 2.53 bits per heavy atom. The second-order valence-corrected chi connectivity index (χ2v) is 4.20. The van der Waals surface area contributed by atoms with Crippen molar-refractivity contribution in [1.82, 2.24) is 8.75 Å². The summed E-state index contributed by atoms with van der Waals surface area (Å²) in [6, 6.07) is 8.33. The molecule has 19 heavy (non-hydrogen) atoms. The molecule has 0 saturated heterocycles. The van der Waals surface area contributed by atoms with Gasteiger partial charge in [-0.15, -0.1) is 0 Å². The van der Waals surface area contributed by atoms with Crippen LogP contribution in [0.3, 0.4) is 0 Å². The van der Waals surface area contributed by atoms with E-state index in [0.29, 0.717) is 21.7 Å². The van der Waals surface area contributed by atoms with Crippen molar-refractivity contribution in [3.05, 3.63) is 28.4 Å². The fourth-order valence-corrected chi connectivity index (χ4v) is 2.10. The van der Waals surface area contributed by atoms with Crippen LogP contribution >= 0.6 is 23.3 Å². The minimum Gasteiger partial charge on any atom is -0.342 e. The molecule has 0 fully saturated rings. The highest BCUT2D eigenvalue weighted by atomic mass is 35.5. The summed E-state index contributed by atoms with van der Waals surface area (Å²) in [6.45, 7) is 0. The lowest BCUT2D eigenvalue weighted by Crippen LogP contribution is -2.02. The van der Waals surface area contributed by atoms with E-state index in [4.69, 9.17) is 27.4 Å². The number of nitrogens with one attached hydrogen (secondary N) is 1. The van der Waals surface area contributed by atoms with Crippen molar-refractivity contribution in [3.8, 4) is 18.2 Å². The van der Waals surface area contributed by atoms with E-state index in [1.165, 1.54) is 0 Å². The summed E-state index contributed by atoms with van der Waals surface area (Å²) in [5.41, 5.74) is 0.962. The number of allylic oxidation sites excluding steroid dienone is 2. The monoisotopic (exact) mass is 286 g/mol. The molecule has 0 aliphatic rings. The number of anilines is 1. The fourth-order valence-electron chi connectivity index (χ4n) is 1.35. The predicted molar refractivity (Wildman–Crippen MR) is 69.9 cm³/mol. The average molecular weight is 287 g/mol.